The summed E-state index contributed by atoms with van der Waals surface area (Å²) in [7, 11) is 6.93. The van der Waals surface area contributed by atoms with Crippen molar-refractivity contribution in [2.24, 2.45) is 0 Å². The van der Waals surface area contributed by atoms with Crippen LogP contribution in [0.15, 0.2) is 0 Å². The molecule has 0 amide bonds. The van der Waals surface area contributed by atoms with Gasteiger partial charge in [0.05, 0.1) is 0 Å². The van der Waals surface area contributed by atoms with Crippen LogP contribution >= 0.6 is 41.2 Å². The first-order valence-corrected chi connectivity index (χ1v) is 17.1. The van der Waals surface area contributed by atoms with E-state index in [2.05, 4.69) is 0 Å². The molecule has 12 heteroatoms. The minimum absolute atomic E-state index is 0.0532. The summed E-state index contributed by atoms with van der Waals surface area (Å²) in [6.45, 7) is 10.6. The van der Waals surface area contributed by atoms with Crippen LogP contribution < -0.4 is 0 Å². The molecule has 0 bridgehead atoms. The number of hydrogen-bond acceptors (Lipinski definition) is 10. The number of hydrogen-bond donors (Lipinski definition) is 0. The van der Waals surface area contributed by atoms with E-state index in [1.165, 1.54) is 0 Å². The van der Waals surface area contributed by atoms with Crippen molar-refractivity contribution in [3.63, 3.8) is 0 Å². The van der Waals surface area contributed by atoms with Crippen molar-refractivity contribution in [3.8, 4) is 0 Å². The molecule has 0 aromatic carbocycles. The highest BCUT2D eigenvalue weighted by Crippen LogP contribution is 2.43. The van der Waals surface area contributed by atoms with E-state index in [-0.39, 0.29) is 11.5 Å². The van der Waals surface area contributed by atoms with Crippen molar-refractivity contribution < 1.29 is 27.2 Å². The molecule has 0 fully saturated rings. The molecule has 0 aliphatic heterocycles. The number of rotatable bonds is 19. The molecule has 158 valence electrons. The standard InChI is InChI=1S/C14H34O6S4Si2/c1-7-17-25(18-8-2)13(15-5)11-21-23-24-22-12-14(16-6)26(19-9-3)20-10-4/h13-14,25-26H,7-12H2,1-6H3. The van der Waals surface area contributed by atoms with E-state index in [4.69, 9.17) is 27.2 Å². The first-order chi connectivity index (χ1) is 12.7. The van der Waals surface area contributed by atoms with E-state index in [9.17, 15) is 0 Å². The van der Waals surface area contributed by atoms with Crippen molar-refractivity contribution >= 4 is 59.8 Å². The quantitative estimate of drug-likeness (QED) is 0.156. The summed E-state index contributed by atoms with van der Waals surface area (Å²) < 4.78 is 34.2. The molecule has 0 aromatic rings. The van der Waals surface area contributed by atoms with Gasteiger partial charge in [0.1, 0.15) is 11.5 Å². The van der Waals surface area contributed by atoms with Gasteiger partial charge < -0.3 is 27.2 Å². The fraction of sp³-hybridized carbons (Fsp3) is 1.00. The Hall–Kier alpha value is 1.59. The van der Waals surface area contributed by atoms with Crippen LogP contribution in [0, 0.1) is 0 Å². The summed E-state index contributed by atoms with van der Waals surface area (Å²) >= 11 is 0. The van der Waals surface area contributed by atoms with Gasteiger partial charge in [-0.25, -0.2) is 0 Å². The third-order valence-corrected chi connectivity index (χ3v) is 15.2. The van der Waals surface area contributed by atoms with Crippen LogP contribution in [0.4, 0.5) is 0 Å². The molecule has 0 radical (unpaired) electrons. The first-order valence-electron chi connectivity index (χ1n) is 8.77. The summed E-state index contributed by atoms with van der Waals surface area (Å²) in [6, 6.07) is 0. The monoisotopic (exact) mass is 482 g/mol. The topological polar surface area (TPSA) is 55.4 Å². The van der Waals surface area contributed by atoms with Gasteiger partial charge in [0.15, 0.2) is 0 Å². The molecule has 2 unspecified atom stereocenters. The second kappa shape index (κ2) is 19.9. The van der Waals surface area contributed by atoms with Crippen LogP contribution in [-0.4, -0.2) is 82.2 Å². The molecule has 0 aliphatic carbocycles. The molecule has 0 N–H and O–H groups in total. The fourth-order valence-corrected chi connectivity index (χ4v) is 13.3. The number of ether oxygens (including phenoxy) is 2. The van der Waals surface area contributed by atoms with E-state index in [0.717, 1.165) is 11.5 Å². The zero-order valence-electron chi connectivity index (χ0n) is 16.6. The molecule has 26 heavy (non-hydrogen) atoms. The van der Waals surface area contributed by atoms with Crippen LogP contribution in [0.3, 0.4) is 0 Å². The highest BCUT2D eigenvalue weighted by atomic mass is 33.7. The summed E-state index contributed by atoms with van der Waals surface area (Å²) in [5, 5.41) is 0. The maximum atomic E-state index is 5.75. The van der Waals surface area contributed by atoms with Crippen molar-refractivity contribution in [1.29, 1.82) is 0 Å². The van der Waals surface area contributed by atoms with E-state index < -0.39 is 18.6 Å². The average Bonchev–Trinajstić information content (AvgIpc) is 2.64. The lowest BCUT2D eigenvalue weighted by molar-refractivity contribution is 0.111. The molecule has 0 saturated carbocycles. The maximum absolute atomic E-state index is 5.75. The zero-order valence-corrected chi connectivity index (χ0v) is 22.2. The zero-order chi connectivity index (χ0) is 19.6. The van der Waals surface area contributed by atoms with E-state index in [1.54, 1.807) is 55.5 Å². The largest absolute Gasteiger partial charge is 0.395 e. The molecular weight excluding hydrogens is 449 g/mol. The van der Waals surface area contributed by atoms with Crippen molar-refractivity contribution in [1.82, 2.24) is 0 Å². The van der Waals surface area contributed by atoms with Gasteiger partial charge in [-0.05, 0) is 47.3 Å². The van der Waals surface area contributed by atoms with Crippen molar-refractivity contribution in [3.05, 3.63) is 0 Å². The van der Waals surface area contributed by atoms with E-state index in [0.29, 0.717) is 26.4 Å². The summed E-state index contributed by atoms with van der Waals surface area (Å²) in [5.41, 5.74) is 0.106. The molecule has 0 aliphatic rings. The fourth-order valence-electron chi connectivity index (χ4n) is 1.93. The Morgan fingerprint density at radius 2 is 0.923 bits per heavy atom. The van der Waals surface area contributed by atoms with Gasteiger partial charge in [-0.2, -0.15) is 0 Å². The van der Waals surface area contributed by atoms with Crippen molar-refractivity contribution in [2.45, 2.75) is 39.1 Å². The van der Waals surface area contributed by atoms with Gasteiger partial charge in [0.25, 0.3) is 0 Å². The minimum atomic E-state index is -1.78. The average molecular weight is 483 g/mol. The molecule has 0 spiro atoms. The predicted molar refractivity (Wildman–Crippen MR) is 122 cm³/mol. The molecule has 0 aromatic heterocycles. The van der Waals surface area contributed by atoms with E-state index >= 15 is 0 Å². The smallest absolute Gasteiger partial charge is 0.352 e. The predicted octanol–water partition coefficient (Wildman–Crippen LogP) is 3.36. The lowest BCUT2D eigenvalue weighted by Gasteiger charge is -2.23. The third kappa shape index (κ3) is 12.9. The normalized spacial score (nSPS) is 14.3. The van der Waals surface area contributed by atoms with Gasteiger partial charge in [-0.3, -0.25) is 0 Å². The van der Waals surface area contributed by atoms with Crippen LogP contribution in [0.5, 0.6) is 0 Å². The number of methoxy groups -OCH3 is 2. The van der Waals surface area contributed by atoms with E-state index in [1.807, 2.05) is 27.7 Å². The van der Waals surface area contributed by atoms with Crippen LogP contribution in [0.1, 0.15) is 27.7 Å². The van der Waals surface area contributed by atoms with Gasteiger partial charge >= 0.3 is 18.6 Å². The summed E-state index contributed by atoms with van der Waals surface area (Å²) in [5.74, 6) is 1.71. The summed E-state index contributed by atoms with van der Waals surface area (Å²) in [6.07, 6.45) is 0. The molecule has 0 saturated heterocycles. The highest BCUT2D eigenvalue weighted by Gasteiger charge is 2.27. The van der Waals surface area contributed by atoms with Crippen LogP contribution in [0.25, 0.3) is 0 Å². The Bertz CT molecular complexity index is 273. The second-order valence-corrected chi connectivity index (χ2v) is 15.2. The lowest BCUT2D eigenvalue weighted by atomic mass is 10.8. The Morgan fingerprint density at radius 3 is 1.15 bits per heavy atom. The first kappa shape index (κ1) is 27.6. The molecule has 0 heterocycles. The van der Waals surface area contributed by atoms with Crippen LogP contribution in [-0.2, 0) is 27.2 Å². The van der Waals surface area contributed by atoms with Crippen molar-refractivity contribution in [2.75, 3.05) is 52.2 Å². The Labute approximate surface area is 177 Å². The van der Waals surface area contributed by atoms with Gasteiger partial charge in [0, 0.05) is 52.2 Å². The molecular formula is C14H34O6S4Si2. The SMILES string of the molecule is CCO[SiH](OCC)C(CSSSSCC(OC)[SiH](OCC)OCC)OC. The van der Waals surface area contributed by atoms with Crippen LogP contribution in [0.2, 0.25) is 0 Å². The van der Waals surface area contributed by atoms with Gasteiger partial charge in [0.2, 0.25) is 0 Å². The minimum Gasteiger partial charge on any atom is -0.395 e. The van der Waals surface area contributed by atoms with Gasteiger partial charge in [-0.1, -0.05) is 21.6 Å². The molecule has 0 rings (SSSR count). The molecule has 6 nitrogen and oxygen atoms in total. The highest BCUT2D eigenvalue weighted by molar-refractivity contribution is 9.26. The maximum Gasteiger partial charge on any atom is 0.352 e. The Balaban J connectivity index is 4.07. The summed E-state index contributed by atoms with van der Waals surface area (Å²) in [4.78, 5) is 0. The molecule has 2 atom stereocenters. The third-order valence-electron chi connectivity index (χ3n) is 3.12. The lowest BCUT2D eigenvalue weighted by Crippen LogP contribution is -2.40. The Kier molecular flexibility index (Phi) is 21.1. The second-order valence-electron chi connectivity index (χ2n) is 4.81. The Morgan fingerprint density at radius 1 is 0.615 bits per heavy atom. The van der Waals surface area contributed by atoms with Gasteiger partial charge in [-0.15, -0.1) is 0 Å².